The molecule has 0 heterocycles. The van der Waals surface area contributed by atoms with Crippen molar-refractivity contribution in [1.29, 1.82) is 0 Å². The summed E-state index contributed by atoms with van der Waals surface area (Å²) in [6, 6.07) is 0. The van der Waals surface area contributed by atoms with E-state index in [2.05, 4.69) is 0 Å². The molecular weight excluding hydrogens is 182 g/mol. The molecule has 0 bridgehead atoms. The first-order valence-electron chi connectivity index (χ1n) is 3.20. The van der Waals surface area contributed by atoms with Crippen molar-refractivity contribution < 1.29 is 29.7 Å². The van der Waals surface area contributed by atoms with Crippen molar-refractivity contribution in [2.45, 2.75) is 19.4 Å². The third-order valence-electron chi connectivity index (χ3n) is 1.46. The van der Waals surface area contributed by atoms with Gasteiger partial charge in [-0.3, -0.25) is 0 Å². The van der Waals surface area contributed by atoms with Crippen LogP contribution in [0.4, 0.5) is 9.59 Å². The highest BCUT2D eigenvalue weighted by molar-refractivity contribution is 5.93. The normalized spacial score (nSPS) is 10.6. The van der Waals surface area contributed by atoms with E-state index in [4.69, 9.17) is 15.3 Å². The average molecular weight is 191 g/mol. The Labute approximate surface area is 73.2 Å². The van der Waals surface area contributed by atoms with E-state index in [-0.39, 0.29) is 4.90 Å². The van der Waals surface area contributed by atoms with E-state index in [9.17, 15) is 14.4 Å². The minimum Gasteiger partial charge on any atom is -0.480 e. The lowest BCUT2D eigenvalue weighted by Crippen LogP contribution is -2.54. The number of carbonyl (C=O) groups is 3. The highest BCUT2D eigenvalue weighted by atomic mass is 16.4. The van der Waals surface area contributed by atoms with Crippen LogP contribution in [0.2, 0.25) is 0 Å². The predicted octanol–water partition coefficient (Wildman–Crippen LogP) is 0.508. The Morgan fingerprint density at radius 1 is 1.00 bits per heavy atom. The zero-order valence-corrected chi connectivity index (χ0v) is 7.01. The molecule has 0 aliphatic rings. The van der Waals surface area contributed by atoms with Crippen LogP contribution in [-0.2, 0) is 4.79 Å². The summed E-state index contributed by atoms with van der Waals surface area (Å²) in [5, 5.41) is 25.4. The van der Waals surface area contributed by atoms with E-state index in [0.29, 0.717) is 0 Å². The Kier molecular flexibility index (Phi) is 2.84. The van der Waals surface area contributed by atoms with Crippen molar-refractivity contribution in [3.63, 3.8) is 0 Å². The van der Waals surface area contributed by atoms with Crippen molar-refractivity contribution in [3.8, 4) is 0 Å². The summed E-state index contributed by atoms with van der Waals surface area (Å²) in [7, 11) is 0. The maximum atomic E-state index is 10.5. The fourth-order valence-electron chi connectivity index (χ4n) is 0.656. The van der Waals surface area contributed by atoms with Crippen LogP contribution in [-0.4, -0.2) is 43.9 Å². The van der Waals surface area contributed by atoms with Crippen molar-refractivity contribution in [3.05, 3.63) is 0 Å². The van der Waals surface area contributed by atoms with Crippen molar-refractivity contribution >= 4 is 18.2 Å². The maximum absolute atomic E-state index is 10.5. The van der Waals surface area contributed by atoms with Crippen LogP contribution in [0.5, 0.6) is 0 Å². The number of hydrogen-bond donors (Lipinski definition) is 3. The van der Waals surface area contributed by atoms with E-state index in [1.807, 2.05) is 0 Å². The number of rotatable bonds is 2. The quantitative estimate of drug-likeness (QED) is 0.585. The van der Waals surface area contributed by atoms with E-state index >= 15 is 0 Å². The predicted molar refractivity (Wildman–Crippen MR) is 39.6 cm³/mol. The van der Waals surface area contributed by atoms with Crippen LogP contribution in [0.15, 0.2) is 0 Å². The maximum Gasteiger partial charge on any atom is 0.417 e. The number of nitrogens with zero attached hydrogens (tertiary/aromatic N) is 1. The zero-order chi connectivity index (χ0) is 10.8. The Morgan fingerprint density at radius 3 is 1.38 bits per heavy atom. The molecule has 7 nitrogen and oxygen atoms in total. The van der Waals surface area contributed by atoms with Crippen LogP contribution in [0.1, 0.15) is 13.8 Å². The minimum absolute atomic E-state index is 0.171. The summed E-state index contributed by atoms with van der Waals surface area (Å²) in [4.78, 5) is 31.1. The Bertz CT molecular complexity index is 244. The first-order chi connectivity index (χ1) is 5.71. The number of amides is 2. The van der Waals surface area contributed by atoms with Crippen molar-refractivity contribution in [1.82, 2.24) is 4.90 Å². The van der Waals surface area contributed by atoms with E-state index < -0.39 is 23.7 Å². The molecule has 0 saturated heterocycles. The van der Waals surface area contributed by atoms with E-state index in [1.165, 1.54) is 0 Å². The van der Waals surface area contributed by atoms with Gasteiger partial charge in [-0.2, -0.15) is 4.90 Å². The van der Waals surface area contributed by atoms with Crippen molar-refractivity contribution in [2.24, 2.45) is 0 Å². The molecule has 0 aromatic carbocycles. The molecule has 0 spiro atoms. The first-order valence-corrected chi connectivity index (χ1v) is 3.20. The van der Waals surface area contributed by atoms with Gasteiger partial charge in [-0.25, -0.2) is 14.4 Å². The molecule has 7 heteroatoms. The molecule has 74 valence electrons. The lowest BCUT2D eigenvalue weighted by Gasteiger charge is -2.27. The fraction of sp³-hybridized carbons (Fsp3) is 0.500. The second kappa shape index (κ2) is 3.30. The second-order valence-electron chi connectivity index (χ2n) is 2.76. The van der Waals surface area contributed by atoms with Gasteiger partial charge >= 0.3 is 18.2 Å². The molecule has 2 amide bonds. The van der Waals surface area contributed by atoms with Gasteiger partial charge in [0.1, 0.15) is 5.54 Å². The number of hydrogen-bond acceptors (Lipinski definition) is 3. The molecule has 0 saturated carbocycles. The number of aliphatic carboxylic acids is 1. The second-order valence-corrected chi connectivity index (χ2v) is 2.76. The van der Waals surface area contributed by atoms with Crippen LogP contribution >= 0.6 is 0 Å². The molecule has 0 atom stereocenters. The molecule has 0 aliphatic carbocycles. The van der Waals surface area contributed by atoms with Gasteiger partial charge in [-0.15, -0.1) is 0 Å². The van der Waals surface area contributed by atoms with Gasteiger partial charge in [0.05, 0.1) is 0 Å². The summed E-state index contributed by atoms with van der Waals surface area (Å²) in [6.45, 7) is 1.97. The molecule has 0 aliphatic heterocycles. The molecule has 0 aromatic heterocycles. The topological polar surface area (TPSA) is 115 Å². The summed E-state index contributed by atoms with van der Waals surface area (Å²) < 4.78 is 0. The van der Waals surface area contributed by atoms with E-state index in [0.717, 1.165) is 13.8 Å². The van der Waals surface area contributed by atoms with Gasteiger partial charge in [-0.05, 0) is 13.8 Å². The molecule has 13 heavy (non-hydrogen) atoms. The van der Waals surface area contributed by atoms with Gasteiger partial charge in [0.2, 0.25) is 0 Å². The summed E-state index contributed by atoms with van der Waals surface area (Å²) in [5.41, 5.74) is -1.99. The monoisotopic (exact) mass is 191 g/mol. The van der Waals surface area contributed by atoms with Gasteiger partial charge in [0, 0.05) is 0 Å². The van der Waals surface area contributed by atoms with Crippen LogP contribution in [0, 0.1) is 0 Å². The third-order valence-corrected chi connectivity index (χ3v) is 1.46. The molecule has 0 radical (unpaired) electrons. The Morgan fingerprint density at radius 2 is 1.31 bits per heavy atom. The van der Waals surface area contributed by atoms with Crippen LogP contribution < -0.4 is 0 Å². The SMILES string of the molecule is CC(C)(C(=O)O)N(C(=O)O)C(=O)O. The highest BCUT2D eigenvalue weighted by Gasteiger charge is 2.42. The van der Waals surface area contributed by atoms with Crippen LogP contribution in [0.25, 0.3) is 0 Å². The van der Waals surface area contributed by atoms with Gasteiger partial charge < -0.3 is 15.3 Å². The third kappa shape index (κ3) is 2.08. The lowest BCUT2D eigenvalue weighted by molar-refractivity contribution is -0.147. The standard InChI is InChI=1S/C6H9NO6/c1-6(2,3(8)9)7(4(10)11)5(12)13/h1-2H3,(H,8,9)(H,10,11)(H,12,13). The largest absolute Gasteiger partial charge is 0.480 e. The number of carboxylic acids is 1. The van der Waals surface area contributed by atoms with E-state index in [1.54, 1.807) is 0 Å². The van der Waals surface area contributed by atoms with Gasteiger partial charge in [0.25, 0.3) is 0 Å². The van der Waals surface area contributed by atoms with Gasteiger partial charge in [-0.1, -0.05) is 0 Å². The number of imide groups is 1. The van der Waals surface area contributed by atoms with Crippen LogP contribution in [0.3, 0.4) is 0 Å². The fourth-order valence-corrected chi connectivity index (χ4v) is 0.656. The molecule has 0 unspecified atom stereocenters. The molecule has 0 fully saturated rings. The number of carboxylic acid groups (broad SMARTS) is 3. The summed E-state index contributed by atoms with van der Waals surface area (Å²) >= 11 is 0. The lowest BCUT2D eigenvalue weighted by atomic mass is 10.0. The highest BCUT2D eigenvalue weighted by Crippen LogP contribution is 2.14. The molecular formula is C6H9NO6. The Balaban J connectivity index is 5.06. The summed E-state index contributed by atoms with van der Waals surface area (Å²) in [5.74, 6) is -1.53. The summed E-state index contributed by atoms with van der Waals surface area (Å²) in [6.07, 6.45) is -3.64. The molecule has 3 N–H and O–H groups in total. The molecule has 0 rings (SSSR count). The van der Waals surface area contributed by atoms with Crippen molar-refractivity contribution in [2.75, 3.05) is 0 Å². The minimum atomic E-state index is -1.99. The zero-order valence-electron chi connectivity index (χ0n) is 7.01. The first kappa shape index (κ1) is 11.2. The Hall–Kier alpha value is -1.79. The molecule has 0 aromatic rings. The smallest absolute Gasteiger partial charge is 0.417 e. The van der Waals surface area contributed by atoms with Gasteiger partial charge in [0.15, 0.2) is 0 Å². The average Bonchev–Trinajstić information content (AvgIpc) is 1.82.